The molecule has 2 amide bonds. The number of anilines is 1. The molecule has 0 unspecified atom stereocenters. The van der Waals surface area contributed by atoms with E-state index in [1.165, 1.54) is 18.3 Å². The lowest BCUT2D eigenvalue weighted by molar-refractivity contribution is -0.129. The van der Waals surface area contributed by atoms with Gasteiger partial charge in [0.1, 0.15) is 11.1 Å². The van der Waals surface area contributed by atoms with Crippen molar-refractivity contribution in [2.45, 2.75) is 33.4 Å². The van der Waals surface area contributed by atoms with Crippen LogP contribution in [-0.4, -0.2) is 33.0 Å². The van der Waals surface area contributed by atoms with E-state index in [9.17, 15) is 14.9 Å². The third kappa shape index (κ3) is 2.90. The monoisotopic (exact) mass is 343 g/mol. The summed E-state index contributed by atoms with van der Waals surface area (Å²) in [5, 5.41) is 17.0. The van der Waals surface area contributed by atoms with Crippen LogP contribution in [0.25, 0.3) is 0 Å². The summed E-state index contributed by atoms with van der Waals surface area (Å²) in [5.41, 5.74) is 1.76. The summed E-state index contributed by atoms with van der Waals surface area (Å²) in [4.78, 5) is 26.6. The molecule has 124 valence electrons. The number of hydrogen-bond acceptors (Lipinski definition) is 5. The summed E-state index contributed by atoms with van der Waals surface area (Å²) in [7, 11) is 0. The molecule has 7 nitrogen and oxygen atoms in total. The minimum absolute atomic E-state index is 0.0169. The second-order valence-corrected chi connectivity index (χ2v) is 6.63. The smallest absolute Gasteiger partial charge is 0.276 e. The van der Waals surface area contributed by atoms with Crippen molar-refractivity contribution in [1.29, 1.82) is 5.26 Å². The molecular formula is C16H17N5O2S. The number of hydrogen-bond donors (Lipinski definition) is 1. The number of nitriles is 1. The van der Waals surface area contributed by atoms with Crippen LogP contribution < -0.4 is 5.32 Å². The SMILES string of the molecule is CCn1ccc(C(=O)Nc2sc3c(c2C#N)CCN(C(C)=O)C3)n1. The van der Waals surface area contributed by atoms with Crippen LogP contribution in [0.3, 0.4) is 0 Å². The van der Waals surface area contributed by atoms with Gasteiger partial charge in [0.25, 0.3) is 5.91 Å². The number of aryl methyl sites for hydroxylation is 1. The molecule has 0 aromatic carbocycles. The molecule has 24 heavy (non-hydrogen) atoms. The van der Waals surface area contributed by atoms with Crippen LogP contribution in [0.15, 0.2) is 12.3 Å². The lowest BCUT2D eigenvalue weighted by Gasteiger charge is -2.25. The van der Waals surface area contributed by atoms with Crippen LogP contribution >= 0.6 is 11.3 Å². The predicted molar refractivity (Wildman–Crippen MR) is 89.7 cm³/mol. The van der Waals surface area contributed by atoms with Gasteiger partial charge in [0.2, 0.25) is 5.91 Å². The number of nitrogens with zero attached hydrogens (tertiary/aromatic N) is 4. The molecule has 0 aliphatic carbocycles. The van der Waals surface area contributed by atoms with E-state index in [1.807, 2.05) is 6.92 Å². The van der Waals surface area contributed by atoms with Crippen molar-refractivity contribution in [3.63, 3.8) is 0 Å². The fourth-order valence-corrected chi connectivity index (χ4v) is 3.91. The maximum absolute atomic E-state index is 12.3. The van der Waals surface area contributed by atoms with Crippen molar-refractivity contribution in [1.82, 2.24) is 14.7 Å². The van der Waals surface area contributed by atoms with E-state index in [2.05, 4.69) is 16.5 Å². The highest BCUT2D eigenvalue weighted by molar-refractivity contribution is 7.16. The maximum atomic E-state index is 12.3. The van der Waals surface area contributed by atoms with Crippen molar-refractivity contribution >= 4 is 28.2 Å². The minimum atomic E-state index is -0.333. The summed E-state index contributed by atoms with van der Waals surface area (Å²) < 4.78 is 1.67. The fraction of sp³-hybridized carbons (Fsp3) is 0.375. The molecule has 0 spiro atoms. The number of rotatable bonds is 3. The van der Waals surface area contributed by atoms with Crippen molar-refractivity contribution < 1.29 is 9.59 Å². The lowest BCUT2D eigenvalue weighted by atomic mass is 10.0. The van der Waals surface area contributed by atoms with Gasteiger partial charge in [-0.1, -0.05) is 0 Å². The van der Waals surface area contributed by atoms with Crippen LogP contribution in [-0.2, 0) is 24.3 Å². The second kappa shape index (κ2) is 6.45. The van der Waals surface area contributed by atoms with Crippen molar-refractivity contribution in [3.8, 4) is 6.07 Å². The van der Waals surface area contributed by atoms with E-state index in [0.717, 1.165) is 10.4 Å². The molecule has 0 radical (unpaired) electrons. The average Bonchev–Trinajstić information content (AvgIpc) is 3.17. The average molecular weight is 343 g/mol. The van der Waals surface area contributed by atoms with E-state index in [0.29, 0.717) is 42.3 Å². The van der Waals surface area contributed by atoms with Crippen LogP contribution in [0, 0.1) is 11.3 Å². The van der Waals surface area contributed by atoms with Gasteiger partial charge in [-0.2, -0.15) is 10.4 Å². The standard InChI is InChI=1S/C16H17N5O2S/c1-3-21-7-5-13(19-21)15(23)18-16-12(8-17)11-4-6-20(10(2)22)9-14(11)24-16/h5,7H,3-4,6,9H2,1-2H3,(H,18,23). The van der Waals surface area contributed by atoms with Gasteiger partial charge < -0.3 is 10.2 Å². The summed E-state index contributed by atoms with van der Waals surface area (Å²) in [6.45, 7) is 5.25. The maximum Gasteiger partial charge on any atom is 0.276 e. The first-order valence-corrected chi connectivity index (χ1v) is 8.50. The Morgan fingerprint density at radius 3 is 2.92 bits per heavy atom. The lowest BCUT2D eigenvalue weighted by Crippen LogP contribution is -2.33. The van der Waals surface area contributed by atoms with Crippen molar-refractivity contribution in [2.75, 3.05) is 11.9 Å². The van der Waals surface area contributed by atoms with Gasteiger partial charge in [-0.25, -0.2) is 0 Å². The Morgan fingerprint density at radius 1 is 1.50 bits per heavy atom. The Bertz CT molecular complexity index is 845. The summed E-state index contributed by atoms with van der Waals surface area (Å²) >= 11 is 1.36. The first kappa shape index (κ1) is 16.2. The highest BCUT2D eigenvalue weighted by atomic mass is 32.1. The zero-order valence-corrected chi connectivity index (χ0v) is 14.3. The number of carbonyl (C=O) groups excluding carboxylic acids is 2. The Morgan fingerprint density at radius 2 is 2.29 bits per heavy atom. The number of thiophene rings is 1. The van der Waals surface area contributed by atoms with Gasteiger partial charge in [-0.05, 0) is 25.0 Å². The molecule has 2 aromatic heterocycles. The van der Waals surface area contributed by atoms with Gasteiger partial charge in [0, 0.05) is 31.1 Å². The normalized spacial score (nSPS) is 13.3. The van der Waals surface area contributed by atoms with E-state index in [1.54, 1.807) is 21.8 Å². The third-order valence-electron chi connectivity index (χ3n) is 4.04. The van der Waals surface area contributed by atoms with Crippen LogP contribution in [0.4, 0.5) is 5.00 Å². The topological polar surface area (TPSA) is 91.0 Å². The second-order valence-electron chi connectivity index (χ2n) is 5.52. The number of nitrogens with one attached hydrogen (secondary N) is 1. The Labute approximate surface area is 143 Å². The zero-order chi connectivity index (χ0) is 17.3. The highest BCUT2D eigenvalue weighted by Gasteiger charge is 2.26. The van der Waals surface area contributed by atoms with Gasteiger partial charge >= 0.3 is 0 Å². The first-order chi connectivity index (χ1) is 11.5. The van der Waals surface area contributed by atoms with Gasteiger partial charge in [-0.3, -0.25) is 14.3 Å². The summed E-state index contributed by atoms with van der Waals surface area (Å²) in [6, 6.07) is 3.84. The molecule has 3 heterocycles. The summed E-state index contributed by atoms with van der Waals surface area (Å²) in [5.74, 6) is -0.316. The Balaban J connectivity index is 1.85. The first-order valence-electron chi connectivity index (χ1n) is 7.68. The number of aromatic nitrogens is 2. The minimum Gasteiger partial charge on any atom is -0.337 e. The quantitative estimate of drug-likeness (QED) is 0.923. The Hall–Kier alpha value is -2.66. The molecule has 1 N–H and O–H groups in total. The van der Waals surface area contributed by atoms with Gasteiger partial charge in [0.15, 0.2) is 5.69 Å². The largest absolute Gasteiger partial charge is 0.337 e. The number of amides is 2. The van der Waals surface area contributed by atoms with E-state index in [-0.39, 0.29) is 11.8 Å². The molecule has 0 saturated heterocycles. The van der Waals surface area contributed by atoms with E-state index in [4.69, 9.17) is 0 Å². The fourth-order valence-electron chi connectivity index (χ4n) is 2.70. The predicted octanol–water partition coefficient (Wildman–Crippen LogP) is 1.99. The number of fused-ring (bicyclic) bond motifs is 1. The van der Waals surface area contributed by atoms with Gasteiger partial charge in [-0.15, -0.1) is 11.3 Å². The van der Waals surface area contributed by atoms with Gasteiger partial charge in [0.05, 0.1) is 12.1 Å². The molecule has 0 bridgehead atoms. The highest BCUT2D eigenvalue weighted by Crippen LogP contribution is 2.36. The molecule has 3 rings (SSSR count). The molecule has 0 fully saturated rings. The molecular weight excluding hydrogens is 326 g/mol. The van der Waals surface area contributed by atoms with Crippen LogP contribution in [0.2, 0.25) is 0 Å². The van der Waals surface area contributed by atoms with Crippen molar-refractivity contribution in [3.05, 3.63) is 34.0 Å². The molecule has 0 atom stereocenters. The molecule has 2 aromatic rings. The van der Waals surface area contributed by atoms with Crippen molar-refractivity contribution in [2.24, 2.45) is 0 Å². The van der Waals surface area contributed by atoms with E-state index >= 15 is 0 Å². The molecule has 8 heteroatoms. The number of carbonyl (C=O) groups is 2. The molecule has 1 aliphatic rings. The zero-order valence-electron chi connectivity index (χ0n) is 13.5. The summed E-state index contributed by atoms with van der Waals surface area (Å²) in [6.07, 6.45) is 2.37. The Kier molecular flexibility index (Phi) is 4.36. The molecule has 0 saturated carbocycles. The van der Waals surface area contributed by atoms with Crippen LogP contribution in [0.5, 0.6) is 0 Å². The molecule has 1 aliphatic heterocycles. The van der Waals surface area contributed by atoms with E-state index < -0.39 is 0 Å². The third-order valence-corrected chi connectivity index (χ3v) is 5.17. The van der Waals surface area contributed by atoms with Crippen LogP contribution in [0.1, 0.15) is 40.3 Å².